The Balaban J connectivity index is 2.75. The second kappa shape index (κ2) is 2.97. The summed E-state index contributed by atoms with van der Waals surface area (Å²) >= 11 is 0. The second-order valence-electron chi connectivity index (χ2n) is 4.88. The molecule has 0 aromatic rings. The number of esters is 1. The van der Waals surface area contributed by atoms with Crippen LogP contribution in [0.2, 0.25) is 0 Å². The highest BCUT2D eigenvalue weighted by Gasteiger charge is 2.65. The first-order valence-electron chi connectivity index (χ1n) is 4.67. The lowest BCUT2D eigenvalue weighted by Crippen LogP contribution is -2.35. The zero-order valence-electron chi connectivity index (χ0n) is 8.96. The Bertz CT molecular complexity index is 276. The molecule has 0 aromatic carbocycles. The van der Waals surface area contributed by atoms with E-state index in [1.807, 2.05) is 0 Å². The normalized spacial score (nSPS) is 31.0. The van der Waals surface area contributed by atoms with Gasteiger partial charge in [0.1, 0.15) is 5.60 Å². The van der Waals surface area contributed by atoms with Crippen molar-refractivity contribution in [2.45, 2.75) is 39.7 Å². The van der Waals surface area contributed by atoms with Crippen molar-refractivity contribution in [1.29, 1.82) is 0 Å². The van der Waals surface area contributed by atoms with E-state index in [2.05, 4.69) is 0 Å². The van der Waals surface area contributed by atoms with Crippen LogP contribution < -0.4 is 0 Å². The smallest absolute Gasteiger partial charge is 0.324 e. The quantitative estimate of drug-likeness (QED) is 0.541. The van der Waals surface area contributed by atoms with Crippen molar-refractivity contribution in [1.82, 2.24) is 0 Å². The first-order valence-corrected chi connectivity index (χ1v) is 4.67. The highest BCUT2D eigenvalue weighted by Crippen LogP contribution is 2.53. The van der Waals surface area contributed by atoms with Crippen molar-refractivity contribution >= 4 is 11.9 Å². The lowest BCUT2D eigenvalue weighted by Gasteiger charge is -2.22. The highest BCUT2D eigenvalue weighted by atomic mass is 16.6. The molecule has 4 heteroatoms. The van der Waals surface area contributed by atoms with Gasteiger partial charge < -0.3 is 9.84 Å². The van der Waals surface area contributed by atoms with Crippen molar-refractivity contribution < 1.29 is 19.4 Å². The van der Waals surface area contributed by atoms with Gasteiger partial charge in [0.2, 0.25) is 0 Å². The number of hydrogen-bond donors (Lipinski definition) is 1. The van der Waals surface area contributed by atoms with Gasteiger partial charge in [-0.15, -0.1) is 0 Å². The third-order valence-corrected chi connectivity index (χ3v) is 2.45. The van der Waals surface area contributed by atoms with Gasteiger partial charge in [0.25, 0.3) is 0 Å². The van der Waals surface area contributed by atoms with Crippen LogP contribution in [-0.4, -0.2) is 22.6 Å². The SMILES string of the molecule is CC1CC1(C(=O)O)C(=O)OC(C)(C)C. The molecule has 1 aliphatic carbocycles. The minimum Gasteiger partial charge on any atom is -0.480 e. The molecule has 80 valence electrons. The first kappa shape index (κ1) is 11.0. The van der Waals surface area contributed by atoms with E-state index in [4.69, 9.17) is 9.84 Å². The zero-order chi connectivity index (χ0) is 11.1. The Morgan fingerprint density at radius 3 is 2.07 bits per heavy atom. The molecular weight excluding hydrogens is 184 g/mol. The Kier molecular flexibility index (Phi) is 2.34. The lowest BCUT2D eigenvalue weighted by atomic mass is 10.0. The van der Waals surface area contributed by atoms with E-state index in [1.165, 1.54) is 0 Å². The molecule has 0 amide bonds. The van der Waals surface area contributed by atoms with Crippen LogP contribution in [0.3, 0.4) is 0 Å². The van der Waals surface area contributed by atoms with E-state index < -0.39 is 23.0 Å². The molecule has 2 atom stereocenters. The summed E-state index contributed by atoms with van der Waals surface area (Å²) in [5.41, 5.74) is -1.89. The second-order valence-corrected chi connectivity index (χ2v) is 4.88. The van der Waals surface area contributed by atoms with Gasteiger partial charge in [-0.1, -0.05) is 6.92 Å². The number of carboxylic acids is 1. The summed E-state index contributed by atoms with van der Waals surface area (Å²) in [4.78, 5) is 22.5. The number of hydrogen-bond acceptors (Lipinski definition) is 3. The molecule has 1 N–H and O–H groups in total. The zero-order valence-corrected chi connectivity index (χ0v) is 8.96. The first-order chi connectivity index (χ1) is 6.20. The maximum atomic E-state index is 11.6. The van der Waals surface area contributed by atoms with Crippen molar-refractivity contribution in [2.24, 2.45) is 11.3 Å². The van der Waals surface area contributed by atoms with Gasteiger partial charge in [0, 0.05) is 0 Å². The Hall–Kier alpha value is -1.06. The summed E-state index contributed by atoms with van der Waals surface area (Å²) < 4.78 is 5.08. The van der Waals surface area contributed by atoms with Crippen LogP contribution in [0.4, 0.5) is 0 Å². The topological polar surface area (TPSA) is 63.6 Å². The number of carboxylic acid groups (broad SMARTS) is 1. The predicted molar refractivity (Wildman–Crippen MR) is 49.7 cm³/mol. The molecule has 0 aliphatic heterocycles. The Morgan fingerprint density at radius 2 is 1.86 bits per heavy atom. The molecule has 4 nitrogen and oxygen atoms in total. The fraction of sp³-hybridized carbons (Fsp3) is 0.800. The van der Waals surface area contributed by atoms with Crippen LogP contribution in [0, 0.1) is 11.3 Å². The number of aliphatic carboxylic acids is 1. The number of ether oxygens (including phenoxy) is 1. The van der Waals surface area contributed by atoms with Crippen LogP contribution >= 0.6 is 0 Å². The summed E-state index contributed by atoms with van der Waals surface area (Å²) in [7, 11) is 0. The summed E-state index contributed by atoms with van der Waals surface area (Å²) in [6.07, 6.45) is 0.386. The molecule has 14 heavy (non-hydrogen) atoms. The summed E-state index contributed by atoms with van der Waals surface area (Å²) in [5.74, 6) is -1.79. The molecular formula is C10H16O4. The largest absolute Gasteiger partial charge is 0.480 e. The summed E-state index contributed by atoms with van der Waals surface area (Å²) in [5, 5.41) is 8.94. The Morgan fingerprint density at radius 1 is 1.43 bits per heavy atom. The standard InChI is InChI=1S/C10H16O4/c1-6-5-10(6,7(11)12)8(13)14-9(2,3)4/h6H,5H2,1-4H3,(H,11,12). The van der Waals surface area contributed by atoms with Crippen LogP contribution in [0.5, 0.6) is 0 Å². The molecule has 0 bridgehead atoms. The number of carbonyl (C=O) groups excluding carboxylic acids is 1. The van der Waals surface area contributed by atoms with Crippen LogP contribution in [-0.2, 0) is 14.3 Å². The number of rotatable bonds is 2. The van der Waals surface area contributed by atoms with E-state index in [0.717, 1.165) is 0 Å². The minimum atomic E-state index is -1.27. The van der Waals surface area contributed by atoms with Gasteiger partial charge >= 0.3 is 11.9 Å². The predicted octanol–water partition coefficient (Wildman–Crippen LogP) is 1.44. The molecule has 0 heterocycles. The third-order valence-electron chi connectivity index (χ3n) is 2.45. The van der Waals surface area contributed by atoms with Crippen LogP contribution in [0.1, 0.15) is 34.1 Å². The Labute approximate surface area is 83.2 Å². The molecule has 0 spiro atoms. The highest BCUT2D eigenvalue weighted by molar-refractivity contribution is 6.03. The average molecular weight is 200 g/mol. The number of carbonyl (C=O) groups is 2. The lowest BCUT2D eigenvalue weighted by molar-refractivity contribution is -0.169. The summed E-state index contributed by atoms with van der Waals surface area (Å²) in [6.45, 7) is 6.94. The van der Waals surface area contributed by atoms with E-state index in [-0.39, 0.29) is 5.92 Å². The molecule has 0 aromatic heterocycles. The van der Waals surface area contributed by atoms with E-state index in [1.54, 1.807) is 27.7 Å². The van der Waals surface area contributed by atoms with Gasteiger partial charge in [-0.3, -0.25) is 9.59 Å². The molecule has 1 fully saturated rings. The van der Waals surface area contributed by atoms with E-state index >= 15 is 0 Å². The van der Waals surface area contributed by atoms with Gasteiger partial charge in [-0.25, -0.2) is 0 Å². The third kappa shape index (κ3) is 1.74. The average Bonchev–Trinajstić information content (AvgIpc) is 2.58. The van der Waals surface area contributed by atoms with Gasteiger partial charge in [-0.2, -0.15) is 0 Å². The minimum absolute atomic E-state index is 0.116. The van der Waals surface area contributed by atoms with Gasteiger partial charge in [-0.05, 0) is 33.1 Å². The maximum Gasteiger partial charge on any atom is 0.324 e. The monoisotopic (exact) mass is 200 g/mol. The molecule has 0 saturated heterocycles. The van der Waals surface area contributed by atoms with Gasteiger partial charge in [0.05, 0.1) is 0 Å². The summed E-state index contributed by atoms with van der Waals surface area (Å²) in [6, 6.07) is 0. The fourth-order valence-electron chi connectivity index (χ4n) is 1.46. The van der Waals surface area contributed by atoms with Crippen molar-refractivity contribution in [3.8, 4) is 0 Å². The maximum absolute atomic E-state index is 11.6. The van der Waals surface area contributed by atoms with Crippen molar-refractivity contribution in [3.63, 3.8) is 0 Å². The molecule has 1 saturated carbocycles. The molecule has 0 radical (unpaired) electrons. The van der Waals surface area contributed by atoms with Crippen molar-refractivity contribution in [2.75, 3.05) is 0 Å². The molecule has 2 unspecified atom stereocenters. The van der Waals surface area contributed by atoms with Crippen LogP contribution in [0.25, 0.3) is 0 Å². The van der Waals surface area contributed by atoms with Gasteiger partial charge in [0.15, 0.2) is 5.41 Å². The molecule has 1 aliphatic rings. The van der Waals surface area contributed by atoms with E-state index in [9.17, 15) is 9.59 Å². The fourth-order valence-corrected chi connectivity index (χ4v) is 1.46. The molecule has 1 rings (SSSR count). The van der Waals surface area contributed by atoms with E-state index in [0.29, 0.717) is 6.42 Å². The van der Waals surface area contributed by atoms with Crippen LogP contribution in [0.15, 0.2) is 0 Å². The van der Waals surface area contributed by atoms with Crippen molar-refractivity contribution in [3.05, 3.63) is 0 Å².